The van der Waals surface area contributed by atoms with Crippen LogP contribution in [-0.4, -0.2) is 38.7 Å². The highest BCUT2D eigenvalue weighted by molar-refractivity contribution is 5.85. The number of fused-ring (bicyclic) bond motifs is 3. The summed E-state index contributed by atoms with van der Waals surface area (Å²) in [5.74, 6) is 0.562. The van der Waals surface area contributed by atoms with Gasteiger partial charge in [0.2, 0.25) is 5.91 Å². The first-order valence-corrected chi connectivity index (χ1v) is 8.55. The van der Waals surface area contributed by atoms with Crippen molar-refractivity contribution in [3.8, 4) is 0 Å². The predicted molar refractivity (Wildman–Crippen MR) is 81.1 cm³/mol. The minimum absolute atomic E-state index is 0.0828. The van der Waals surface area contributed by atoms with E-state index in [1.54, 1.807) is 0 Å². The molecule has 0 aromatic rings. The summed E-state index contributed by atoms with van der Waals surface area (Å²) < 4.78 is 10.4. The summed E-state index contributed by atoms with van der Waals surface area (Å²) in [5, 5.41) is 3.16. The average molecular weight is 309 g/mol. The number of carbonyl (C=O) groups excluding carboxylic acids is 2. The lowest BCUT2D eigenvalue weighted by atomic mass is 9.53. The second kappa shape index (κ2) is 6.19. The molecule has 0 aromatic carbocycles. The first-order valence-electron chi connectivity index (χ1n) is 8.55. The second-order valence-corrected chi connectivity index (χ2v) is 7.35. The molecule has 0 spiro atoms. The van der Waals surface area contributed by atoms with Crippen LogP contribution in [-0.2, 0) is 19.1 Å². The zero-order valence-corrected chi connectivity index (χ0v) is 13.5. The quantitative estimate of drug-likeness (QED) is 0.807. The van der Waals surface area contributed by atoms with Crippen LogP contribution >= 0.6 is 0 Å². The third-order valence-electron chi connectivity index (χ3n) is 6.15. The Balaban J connectivity index is 1.55. The number of esters is 1. The summed E-state index contributed by atoms with van der Waals surface area (Å²) in [5.41, 5.74) is -0.556. The van der Waals surface area contributed by atoms with Gasteiger partial charge in [-0.05, 0) is 57.3 Å². The van der Waals surface area contributed by atoms with E-state index in [1.165, 1.54) is 7.11 Å². The van der Waals surface area contributed by atoms with Crippen LogP contribution in [0.5, 0.6) is 0 Å². The van der Waals surface area contributed by atoms with E-state index in [4.69, 9.17) is 9.47 Å². The lowest BCUT2D eigenvalue weighted by Crippen LogP contribution is -2.53. The molecule has 4 fully saturated rings. The van der Waals surface area contributed by atoms with Crippen molar-refractivity contribution in [2.24, 2.45) is 16.7 Å². The molecule has 124 valence electrons. The van der Waals surface area contributed by atoms with Gasteiger partial charge in [-0.1, -0.05) is 0 Å². The van der Waals surface area contributed by atoms with Crippen LogP contribution in [0.3, 0.4) is 0 Å². The van der Waals surface area contributed by atoms with E-state index < -0.39 is 0 Å². The van der Waals surface area contributed by atoms with Crippen LogP contribution < -0.4 is 5.32 Å². The van der Waals surface area contributed by atoms with E-state index in [9.17, 15) is 9.59 Å². The number of hydrogen-bond acceptors (Lipinski definition) is 4. The van der Waals surface area contributed by atoms with Crippen LogP contribution in [0.4, 0.5) is 0 Å². The molecule has 1 atom stereocenters. The number of carbonyl (C=O) groups is 2. The van der Waals surface area contributed by atoms with Gasteiger partial charge in [-0.15, -0.1) is 0 Å². The molecule has 1 heterocycles. The van der Waals surface area contributed by atoms with Gasteiger partial charge in [0.15, 0.2) is 0 Å². The molecule has 1 aliphatic heterocycles. The molecule has 4 rings (SSSR count). The molecule has 5 heteroatoms. The Labute approximate surface area is 132 Å². The molecule has 0 radical (unpaired) electrons. The Morgan fingerprint density at radius 1 is 1.14 bits per heavy atom. The Hall–Kier alpha value is -1.10. The molecular formula is C17H27NO4. The molecule has 1 amide bonds. The van der Waals surface area contributed by atoms with Crippen molar-refractivity contribution in [3.63, 3.8) is 0 Å². The molecule has 22 heavy (non-hydrogen) atoms. The maximum absolute atomic E-state index is 12.7. The van der Waals surface area contributed by atoms with Crippen molar-refractivity contribution in [1.29, 1.82) is 0 Å². The van der Waals surface area contributed by atoms with E-state index in [1.807, 2.05) is 0 Å². The van der Waals surface area contributed by atoms with Crippen LogP contribution in [0.1, 0.15) is 51.4 Å². The van der Waals surface area contributed by atoms with Gasteiger partial charge in [0.25, 0.3) is 0 Å². The smallest absolute Gasteiger partial charge is 0.311 e. The zero-order valence-electron chi connectivity index (χ0n) is 13.5. The SMILES string of the molecule is COC(=O)C12CCC(C(=O)NCC3CCCOC3)(CC1)CC2. The Morgan fingerprint density at radius 2 is 1.77 bits per heavy atom. The van der Waals surface area contributed by atoms with E-state index >= 15 is 0 Å². The Morgan fingerprint density at radius 3 is 2.32 bits per heavy atom. The molecule has 1 N–H and O–H groups in total. The van der Waals surface area contributed by atoms with Crippen LogP contribution in [0.15, 0.2) is 0 Å². The van der Waals surface area contributed by atoms with E-state index in [-0.39, 0.29) is 22.7 Å². The summed E-state index contributed by atoms with van der Waals surface area (Å²) in [4.78, 5) is 24.7. The van der Waals surface area contributed by atoms with Crippen molar-refractivity contribution in [1.82, 2.24) is 5.32 Å². The van der Waals surface area contributed by atoms with Crippen molar-refractivity contribution < 1.29 is 19.1 Å². The van der Waals surface area contributed by atoms with Gasteiger partial charge in [0.05, 0.1) is 19.1 Å². The minimum atomic E-state index is -0.312. The molecular weight excluding hydrogens is 282 g/mol. The van der Waals surface area contributed by atoms with E-state index in [0.29, 0.717) is 5.92 Å². The highest BCUT2D eigenvalue weighted by Crippen LogP contribution is 2.57. The number of rotatable bonds is 4. The maximum atomic E-state index is 12.7. The molecule has 5 nitrogen and oxygen atoms in total. The summed E-state index contributed by atoms with van der Waals surface area (Å²) in [6.07, 6.45) is 7.05. The third-order valence-corrected chi connectivity index (χ3v) is 6.15. The number of hydrogen-bond donors (Lipinski definition) is 1. The fraction of sp³-hybridized carbons (Fsp3) is 0.882. The summed E-state index contributed by atoms with van der Waals surface area (Å²) in [6, 6.07) is 0. The lowest BCUT2D eigenvalue weighted by molar-refractivity contribution is -0.166. The van der Waals surface area contributed by atoms with Crippen LogP contribution in [0.2, 0.25) is 0 Å². The lowest BCUT2D eigenvalue weighted by Gasteiger charge is -2.50. The van der Waals surface area contributed by atoms with Gasteiger partial charge in [-0.2, -0.15) is 0 Å². The van der Waals surface area contributed by atoms with E-state index in [0.717, 1.165) is 71.1 Å². The monoisotopic (exact) mass is 309 g/mol. The maximum Gasteiger partial charge on any atom is 0.311 e. The number of ether oxygens (including phenoxy) is 2. The van der Waals surface area contributed by atoms with Crippen molar-refractivity contribution >= 4 is 11.9 Å². The molecule has 2 bridgehead atoms. The minimum Gasteiger partial charge on any atom is -0.469 e. The van der Waals surface area contributed by atoms with Crippen LogP contribution in [0.25, 0.3) is 0 Å². The van der Waals surface area contributed by atoms with Crippen molar-refractivity contribution in [2.75, 3.05) is 26.9 Å². The summed E-state index contributed by atoms with van der Waals surface area (Å²) in [7, 11) is 1.46. The van der Waals surface area contributed by atoms with Gasteiger partial charge in [0.1, 0.15) is 0 Å². The van der Waals surface area contributed by atoms with Crippen molar-refractivity contribution in [3.05, 3.63) is 0 Å². The Kier molecular flexibility index (Phi) is 4.44. The number of nitrogens with one attached hydrogen (secondary N) is 1. The van der Waals surface area contributed by atoms with Gasteiger partial charge >= 0.3 is 5.97 Å². The van der Waals surface area contributed by atoms with Crippen molar-refractivity contribution in [2.45, 2.75) is 51.4 Å². The summed E-state index contributed by atoms with van der Waals surface area (Å²) in [6.45, 7) is 2.34. The number of amides is 1. The average Bonchev–Trinajstić information content (AvgIpc) is 2.61. The first kappa shape index (κ1) is 15.8. The highest BCUT2D eigenvalue weighted by Gasteiger charge is 2.55. The molecule has 4 aliphatic rings. The Bertz CT molecular complexity index is 417. The largest absolute Gasteiger partial charge is 0.469 e. The van der Waals surface area contributed by atoms with E-state index in [2.05, 4.69) is 5.32 Å². The molecule has 1 unspecified atom stereocenters. The summed E-state index contributed by atoms with van der Waals surface area (Å²) >= 11 is 0. The van der Waals surface area contributed by atoms with Crippen LogP contribution in [0, 0.1) is 16.7 Å². The van der Waals surface area contributed by atoms with Gasteiger partial charge in [-0.3, -0.25) is 9.59 Å². The third kappa shape index (κ3) is 2.75. The standard InChI is InChI=1S/C17H27NO4/c1-21-15(20)17-7-4-16(5-8-17,6-9-17)14(19)18-11-13-3-2-10-22-12-13/h13H,2-12H2,1H3,(H,18,19). The fourth-order valence-corrected chi connectivity index (χ4v) is 4.44. The van der Waals surface area contributed by atoms with Gasteiger partial charge in [0, 0.05) is 18.6 Å². The second-order valence-electron chi connectivity index (χ2n) is 7.35. The molecule has 3 aliphatic carbocycles. The fourth-order valence-electron chi connectivity index (χ4n) is 4.44. The molecule has 1 saturated heterocycles. The topological polar surface area (TPSA) is 64.6 Å². The zero-order chi connectivity index (χ0) is 15.6. The number of methoxy groups -OCH3 is 1. The molecule has 0 aromatic heterocycles. The first-order chi connectivity index (χ1) is 10.6. The van der Waals surface area contributed by atoms with Gasteiger partial charge in [-0.25, -0.2) is 0 Å². The predicted octanol–water partition coefficient (Wildman–Crippen LogP) is 2.04. The normalized spacial score (nSPS) is 37.6. The molecule has 3 saturated carbocycles. The highest BCUT2D eigenvalue weighted by atomic mass is 16.5. The van der Waals surface area contributed by atoms with Gasteiger partial charge < -0.3 is 14.8 Å².